The van der Waals surface area contributed by atoms with Gasteiger partial charge in [0.1, 0.15) is 5.82 Å². The molecule has 1 aromatic rings. The monoisotopic (exact) mass is 254 g/mol. The van der Waals surface area contributed by atoms with Crippen LogP contribution in [-0.2, 0) is 6.54 Å². The van der Waals surface area contributed by atoms with Crippen molar-refractivity contribution < 1.29 is 0 Å². The third kappa shape index (κ3) is 2.67. The largest absolute Gasteiger partial charge is 0.334 e. The van der Waals surface area contributed by atoms with E-state index in [1.165, 1.54) is 18.1 Å². The molecule has 0 amide bonds. The lowest BCUT2D eigenvalue weighted by Crippen LogP contribution is -2.47. The van der Waals surface area contributed by atoms with Crippen LogP contribution in [0, 0.1) is 0 Å². The van der Waals surface area contributed by atoms with Gasteiger partial charge in [-0.2, -0.15) is 11.8 Å². The SMILES string of the molecule is CCn1ccnc1C(NC)C1CSCCN1C. The van der Waals surface area contributed by atoms with E-state index in [4.69, 9.17) is 0 Å². The third-order valence-electron chi connectivity index (χ3n) is 3.51. The average Bonchev–Trinajstić information content (AvgIpc) is 2.81. The number of nitrogens with zero attached hydrogens (tertiary/aromatic N) is 3. The Morgan fingerprint density at radius 1 is 1.65 bits per heavy atom. The van der Waals surface area contributed by atoms with E-state index in [9.17, 15) is 0 Å². The lowest BCUT2D eigenvalue weighted by molar-refractivity contribution is 0.214. The molecule has 96 valence electrons. The fraction of sp³-hybridized carbons (Fsp3) is 0.750. The zero-order valence-corrected chi connectivity index (χ0v) is 11.7. The summed E-state index contributed by atoms with van der Waals surface area (Å²) in [6, 6.07) is 0.856. The average molecular weight is 254 g/mol. The van der Waals surface area contributed by atoms with Crippen LogP contribution >= 0.6 is 11.8 Å². The number of aryl methyl sites for hydroxylation is 1. The van der Waals surface area contributed by atoms with Gasteiger partial charge in [-0.3, -0.25) is 4.90 Å². The maximum atomic E-state index is 4.53. The summed E-state index contributed by atoms with van der Waals surface area (Å²) < 4.78 is 2.23. The molecule has 1 aromatic heterocycles. The Bertz CT molecular complexity index is 352. The van der Waals surface area contributed by atoms with E-state index in [1.807, 2.05) is 25.0 Å². The molecule has 0 aromatic carbocycles. The van der Waals surface area contributed by atoms with Crippen molar-refractivity contribution in [1.29, 1.82) is 0 Å². The molecule has 0 saturated carbocycles. The van der Waals surface area contributed by atoms with E-state index in [1.54, 1.807) is 0 Å². The van der Waals surface area contributed by atoms with Crippen LogP contribution in [0.15, 0.2) is 12.4 Å². The van der Waals surface area contributed by atoms with Crippen molar-refractivity contribution in [3.63, 3.8) is 0 Å². The molecule has 1 fully saturated rings. The Hall–Kier alpha value is -0.520. The molecule has 0 radical (unpaired) electrons. The number of hydrogen-bond donors (Lipinski definition) is 1. The predicted octanol–water partition coefficient (Wildman–Crippen LogP) is 1.21. The smallest absolute Gasteiger partial charge is 0.127 e. The molecule has 1 N–H and O–H groups in total. The molecule has 0 bridgehead atoms. The highest BCUT2D eigenvalue weighted by Crippen LogP contribution is 2.25. The van der Waals surface area contributed by atoms with Crippen LogP contribution < -0.4 is 5.32 Å². The summed E-state index contributed by atoms with van der Waals surface area (Å²) in [4.78, 5) is 6.98. The Labute approximate surface area is 108 Å². The molecular formula is C12H22N4S. The molecule has 0 spiro atoms. The van der Waals surface area contributed by atoms with Gasteiger partial charge >= 0.3 is 0 Å². The lowest BCUT2D eigenvalue weighted by atomic mass is 10.1. The quantitative estimate of drug-likeness (QED) is 0.875. The molecule has 1 aliphatic heterocycles. The minimum atomic E-state index is 0.322. The molecule has 1 aliphatic rings. The van der Waals surface area contributed by atoms with Crippen LogP contribution in [0.1, 0.15) is 18.8 Å². The number of aromatic nitrogens is 2. The van der Waals surface area contributed by atoms with E-state index >= 15 is 0 Å². The highest BCUT2D eigenvalue weighted by Gasteiger charge is 2.30. The van der Waals surface area contributed by atoms with E-state index in [2.05, 4.69) is 39.9 Å². The fourth-order valence-corrected chi connectivity index (χ4v) is 3.69. The van der Waals surface area contributed by atoms with Gasteiger partial charge in [-0.25, -0.2) is 4.98 Å². The number of hydrogen-bond acceptors (Lipinski definition) is 4. The first-order valence-corrected chi connectivity index (χ1v) is 7.39. The van der Waals surface area contributed by atoms with Crippen molar-refractivity contribution in [2.45, 2.75) is 25.6 Å². The Balaban J connectivity index is 2.20. The third-order valence-corrected chi connectivity index (χ3v) is 4.55. The summed E-state index contributed by atoms with van der Waals surface area (Å²) in [5, 5.41) is 3.44. The molecular weight excluding hydrogens is 232 g/mol. The summed E-state index contributed by atoms with van der Waals surface area (Å²) in [6.45, 7) is 4.31. The van der Waals surface area contributed by atoms with Crippen LogP contribution in [0.2, 0.25) is 0 Å². The Morgan fingerprint density at radius 3 is 3.12 bits per heavy atom. The van der Waals surface area contributed by atoms with Crippen molar-refractivity contribution in [1.82, 2.24) is 19.8 Å². The van der Waals surface area contributed by atoms with Crippen molar-refractivity contribution in [2.24, 2.45) is 0 Å². The standard InChI is InChI=1S/C12H22N4S/c1-4-16-6-5-14-12(16)11(13-2)10-9-17-8-7-15(10)3/h5-6,10-11,13H,4,7-9H2,1-3H3. The summed E-state index contributed by atoms with van der Waals surface area (Å²) >= 11 is 2.04. The number of nitrogens with one attached hydrogen (secondary N) is 1. The first-order chi connectivity index (χ1) is 8.27. The van der Waals surface area contributed by atoms with E-state index in [0.717, 1.165) is 12.4 Å². The van der Waals surface area contributed by atoms with Gasteiger partial charge in [-0.1, -0.05) is 0 Å². The molecule has 2 atom stereocenters. The molecule has 2 unspecified atom stereocenters. The van der Waals surface area contributed by atoms with Gasteiger partial charge in [0.15, 0.2) is 0 Å². The van der Waals surface area contributed by atoms with Crippen molar-refractivity contribution in [2.75, 3.05) is 32.1 Å². The van der Waals surface area contributed by atoms with Gasteiger partial charge in [0, 0.05) is 43.0 Å². The first kappa shape index (κ1) is 12.9. The molecule has 2 heterocycles. The van der Waals surface area contributed by atoms with Gasteiger partial charge in [0.2, 0.25) is 0 Å². The van der Waals surface area contributed by atoms with E-state index in [-0.39, 0.29) is 0 Å². The van der Waals surface area contributed by atoms with Crippen molar-refractivity contribution in [3.8, 4) is 0 Å². The first-order valence-electron chi connectivity index (χ1n) is 6.24. The van der Waals surface area contributed by atoms with Crippen molar-refractivity contribution in [3.05, 3.63) is 18.2 Å². The van der Waals surface area contributed by atoms with Gasteiger partial charge < -0.3 is 9.88 Å². The van der Waals surface area contributed by atoms with E-state index in [0.29, 0.717) is 12.1 Å². The highest BCUT2D eigenvalue weighted by molar-refractivity contribution is 7.99. The highest BCUT2D eigenvalue weighted by atomic mass is 32.2. The predicted molar refractivity (Wildman–Crippen MR) is 73.4 cm³/mol. The molecule has 4 nitrogen and oxygen atoms in total. The van der Waals surface area contributed by atoms with E-state index < -0.39 is 0 Å². The second-order valence-electron chi connectivity index (χ2n) is 4.46. The molecule has 1 saturated heterocycles. The van der Waals surface area contributed by atoms with Crippen LogP contribution in [0.25, 0.3) is 0 Å². The van der Waals surface area contributed by atoms with Crippen molar-refractivity contribution >= 4 is 11.8 Å². The summed E-state index contributed by atoms with van der Waals surface area (Å²) in [5.74, 6) is 3.58. The van der Waals surface area contributed by atoms with Crippen LogP contribution in [0.5, 0.6) is 0 Å². The fourth-order valence-electron chi connectivity index (χ4n) is 2.42. The Morgan fingerprint density at radius 2 is 2.47 bits per heavy atom. The van der Waals surface area contributed by atoms with Gasteiger partial charge in [-0.05, 0) is 21.0 Å². The number of imidazole rings is 1. The minimum absolute atomic E-state index is 0.322. The normalized spacial score (nSPS) is 23.8. The van der Waals surface area contributed by atoms with Gasteiger partial charge in [0.05, 0.1) is 6.04 Å². The minimum Gasteiger partial charge on any atom is -0.334 e. The second-order valence-corrected chi connectivity index (χ2v) is 5.61. The topological polar surface area (TPSA) is 33.1 Å². The van der Waals surface area contributed by atoms with Crippen LogP contribution in [0.4, 0.5) is 0 Å². The zero-order chi connectivity index (χ0) is 12.3. The zero-order valence-electron chi connectivity index (χ0n) is 10.9. The molecule has 17 heavy (non-hydrogen) atoms. The summed E-state index contributed by atoms with van der Waals surface area (Å²) in [6.07, 6.45) is 3.97. The number of thioether (sulfide) groups is 1. The summed E-state index contributed by atoms with van der Waals surface area (Å²) in [7, 11) is 4.25. The van der Waals surface area contributed by atoms with Gasteiger partial charge in [-0.15, -0.1) is 0 Å². The molecule has 0 aliphatic carbocycles. The number of rotatable bonds is 4. The van der Waals surface area contributed by atoms with Gasteiger partial charge in [0.25, 0.3) is 0 Å². The molecule has 2 rings (SSSR count). The lowest BCUT2D eigenvalue weighted by Gasteiger charge is -2.37. The molecule has 5 heteroatoms. The maximum absolute atomic E-state index is 4.53. The van der Waals surface area contributed by atoms with Crippen LogP contribution in [-0.4, -0.2) is 52.6 Å². The maximum Gasteiger partial charge on any atom is 0.127 e. The Kier molecular flexibility index (Phi) is 4.48. The van der Waals surface area contributed by atoms with Crippen LogP contribution in [0.3, 0.4) is 0 Å². The number of likely N-dealkylation sites (N-methyl/N-ethyl adjacent to an activating group) is 2. The summed E-state index contributed by atoms with van der Waals surface area (Å²) in [5.41, 5.74) is 0. The second kappa shape index (κ2) is 5.89.